The van der Waals surface area contributed by atoms with E-state index in [9.17, 15) is 18.0 Å². The molecule has 1 atom stereocenters. The molecule has 0 bridgehead atoms. The number of sulfonamides is 1. The Morgan fingerprint density at radius 1 is 1.09 bits per heavy atom. The van der Waals surface area contributed by atoms with E-state index in [0.29, 0.717) is 5.69 Å². The topological polar surface area (TPSA) is 86.8 Å². The molecule has 0 fully saturated rings. The summed E-state index contributed by atoms with van der Waals surface area (Å²) in [7, 11) is -3.74. The van der Waals surface area contributed by atoms with E-state index in [1.807, 2.05) is 58.0 Å². The first kappa shape index (κ1) is 26.9. The molecule has 0 aliphatic rings. The zero-order chi connectivity index (χ0) is 25.0. The Kier molecular flexibility index (Phi) is 8.70. The maximum atomic E-state index is 13.5. The van der Waals surface area contributed by atoms with Gasteiger partial charge in [0.15, 0.2) is 0 Å². The predicted molar refractivity (Wildman–Crippen MR) is 135 cm³/mol. The number of rotatable bonds is 8. The number of hydrogen-bond donors (Lipinski definition) is 1. The van der Waals surface area contributed by atoms with E-state index in [0.717, 1.165) is 26.2 Å². The average molecular weight is 539 g/mol. The third-order valence-corrected chi connectivity index (χ3v) is 6.57. The summed E-state index contributed by atoms with van der Waals surface area (Å²) in [6.07, 6.45) is 1.07. The maximum Gasteiger partial charge on any atom is 0.244 e. The lowest BCUT2D eigenvalue weighted by atomic mass is 10.1. The molecule has 2 amide bonds. The molecule has 0 aliphatic heterocycles. The van der Waals surface area contributed by atoms with E-state index in [1.54, 1.807) is 25.1 Å². The molecule has 2 aromatic carbocycles. The number of halogens is 1. The van der Waals surface area contributed by atoms with Gasteiger partial charge < -0.3 is 10.2 Å². The van der Waals surface area contributed by atoms with Crippen molar-refractivity contribution in [1.29, 1.82) is 0 Å². The molecule has 33 heavy (non-hydrogen) atoms. The fourth-order valence-electron chi connectivity index (χ4n) is 3.24. The number of nitrogens with zero attached hydrogens (tertiary/aromatic N) is 2. The van der Waals surface area contributed by atoms with Crippen LogP contribution in [0, 0.1) is 6.92 Å². The Balaban J connectivity index is 2.39. The number of benzene rings is 2. The number of hydrogen-bond acceptors (Lipinski definition) is 4. The van der Waals surface area contributed by atoms with Gasteiger partial charge in [0.1, 0.15) is 12.6 Å². The first-order valence-electron chi connectivity index (χ1n) is 10.6. The second-order valence-corrected chi connectivity index (χ2v) is 12.0. The van der Waals surface area contributed by atoms with Crippen molar-refractivity contribution in [3.8, 4) is 0 Å². The Bertz CT molecular complexity index is 1100. The zero-order valence-corrected chi connectivity index (χ0v) is 22.3. The van der Waals surface area contributed by atoms with Gasteiger partial charge in [-0.05, 0) is 70.0 Å². The van der Waals surface area contributed by atoms with Gasteiger partial charge in [0.05, 0.1) is 11.9 Å². The maximum absolute atomic E-state index is 13.5. The van der Waals surface area contributed by atoms with Gasteiger partial charge in [-0.1, -0.05) is 40.2 Å². The van der Waals surface area contributed by atoms with Gasteiger partial charge >= 0.3 is 0 Å². The lowest BCUT2D eigenvalue weighted by Crippen LogP contribution is -2.54. The number of amides is 2. The molecule has 0 spiro atoms. The smallest absolute Gasteiger partial charge is 0.244 e. The third-order valence-electron chi connectivity index (χ3n) is 4.90. The SMILES string of the molecule is Cc1cccc(N(CC(=O)N(Cc2ccc(Br)cc2)C(C)C(=O)NC(C)(C)C)S(C)(=O)=O)c1. The molecule has 0 saturated carbocycles. The summed E-state index contributed by atoms with van der Waals surface area (Å²) in [6.45, 7) is 8.84. The normalized spacial score (nSPS) is 12.7. The Hall–Kier alpha value is -2.39. The van der Waals surface area contributed by atoms with Crippen molar-refractivity contribution in [1.82, 2.24) is 10.2 Å². The molecule has 0 aliphatic carbocycles. The fourth-order valence-corrected chi connectivity index (χ4v) is 4.35. The average Bonchev–Trinajstić information content (AvgIpc) is 2.68. The molecule has 7 nitrogen and oxygen atoms in total. The molecule has 0 heterocycles. The first-order valence-corrected chi connectivity index (χ1v) is 13.2. The van der Waals surface area contributed by atoms with Crippen LogP contribution in [0.2, 0.25) is 0 Å². The molecule has 1 unspecified atom stereocenters. The van der Waals surface area contributed by atoms with Gasteiger partial charge in [-0.3, -0.25) is 13.9 Å². The summed E-state index contributed by atoms with van der Waals surface area (Å²) in [5.74, 6) is -0.782. The minimum atomic E-state index is -3.74. The summed E-state index contributed by atoms with van der Waals surface area (Å²) in [4.78, 5) is 27.8. The summed E-state index contributed by atoms with van der Waals surface area (Å²) >= 11 is 3.39. The van der Waals surface area contributed by atoms with Crippen molar-refractivity contribution in [2.24, 2.45) is 0 Å². The number of carbonyl (C=O) groups is 2. The van der Waals surface area contributed by atoms with Crippen molar-refractivity contribution >= 4 is 43.5 Å². The number of nitrogens with one attached hydrogen (secondary N) is 1. The van der Waals surface area contributed by atoms with Crippen molar-refractivity contribution in [3.05, 3.63) is 64.1 Å². The van der Waals surface area contributed by atoms with E-state index >= 15 is 0 Å². The van der Waals surface area contributed by atoms with E-state index in [4.69, 9.17) is 0 Å². The highest BCUT2D eigenvalue weighted by molar-refractivity contribution is 9.10. The minimum absolute atomic E-state index is 0.163. The van der Waals surface area contributed by atoms with Crippen LogP contribution in [-0.2, 0) is 26.2 Å². The molecule has 1 N–H and O–H groups in total. The summed E-state index contributed by atoms with van der Waals surface area (Å²) in [5, 5.41) is 2.90. The van der Waals surface area contributed by atoms with Crippen LogP contribution in [0.5, 0.6) is 0 Å². The van der Waals surface area contributed by atoms with Crippen LogP contribution < -0.4 is 9.62 Å². The number of anilines is 1. The van der Waals surface area contributed by atoms with Crippen molar-refractivity contribution in [2.45, 2.75) is 52.7 Å². The lowest BCUT2D eigenvalue weighted by Gasteiger charge is -2.33. The Morgan fingerprint density at radius 3 is 2.21 bits per heavy atom. The van der Waals surface area contributed by atoms with Crippen LogP contribution in [0.25, 0.3) is 0 Å². The largest absolute Gasteiger partial charge is 0.350 e. The van der Waals surface area contributed by atoms with Crippen molar-refractivity contribution in [2.75, 3.05) is 17.1 Å². The van der Waals surface area contributed by atoms with Gasteiger partial charge in [-0.2, -0.15) is 0 Å². The molecule has 9 heteroatoms. The van der Waals surface area contributed by atoms with Crippen LogP contribution in [0.4, 0.5) is 5.69 Å². The van der Waals surface area contributed by atoms with Gasteiger partial charge in [0.25, 0.3) is 0 Å². The molecular weight excluding hydrogens is 506 g/mol. The van der Waals surface area contributed by atoms with Crippen molar-refractivity contribution < 1.29 is 18.0 Å². The molecule has 2 aromatic rings. The standard InChI is InChI=1S/C24H32BrN3O4S/c1-17-8-7-9-21(14-17)28(33(6,31)32)16-22(29)27(15-19-10-12-20(25)13-11-19)18(2)23(30)26-24(3,4)5/h7-14,18H,15-16H2,1-6H3,(H,26,30). The number of aryl methyl sites for hydroxylation is 1. The monoisotopic (exact) mass is 537 g/mol. The highest BCUT2D eigenvalue weighted by atomic mass is 79.9. The highest BCUT2D eigenvalue weighted by Gasteiger charge is 2.31. The Morgan fingerprint density at radius 2 is 1.70 bits per heavy atom. The first-order chi connectivity index (χ1) is 15.2. The molecule has 0 saturated heterocycles. The second-order valence-electron chi connectivity index (χ2n) is 9.17. The molecule has 0 aromatic heterocycles. The summed E-state index contributed by atoms with van der Waals surface area (Å²) in [6, 6.07) is 13.6. The second kappa shape index (κ2) is 10.7. The molecule has 180 valence electrons. The zero-order valence-electron chi connectivity index (χ0n) is 19.9. The van der Waals surface area contributed by atoms with Crippen LogP contribution in [0.15, 0.2) is 53.0 Å². The minimum Gasteiger partial charge on any atom is -0.350 e. The van der Waals surface area contributed by atoms with Crippen LogP contribution in [0.3, 0.4) is 0 Å². The van der Waals surface area contributed by atoms with Gasteiger partial charge in [-0.25, -0.2) is 8.42 Å². The molecule has 0 radical (unpaired) electrons. The van der Waals surface area contributed by atoms with Gasteiger partial charge in [-0.15, -0.1) is 0 Å². The van der Waals surface area contributed by atoms with E-state index in [2.05, 4.69) is 21.2 Å². The quantitative estimate of drug-likeness (QED) is 0.553. The van der Waals surface area contributed by atoms with Gasteiger partial charge in [0.2, 0.25) is 21.8 Å². The summed E-state index contributed by atoms with van der Waals surface area (Å²) in [5.41, 5.74) is 1.63. The van der Waals surface area contributed by atoms with E-state index < -0.39 is 34.1 Å². The summed E-state index contributed by atoms with van der Waals surface area (Å²) < 4.78 is 27.1. The van der Waals surface area contributed by atoms with Crippen LogP contribution in [-0.4, -0.2) is 49.5 Å². The molecule has 2 rings (SSSR count). The van der Waals surface area contributed by atoms with Gasteiger partial charge in [0, 0.05) is 16.6 Å². The predicted octanol–water partition coefficient (Wildman–Crippen LogP) is 3.86. The fraction of sp³-hybridized carbons (Fsp3) is 0.417. The van der Waals surface area contributed by atoms with Crippen molar-refractivity contribution in [3.63, 3.8) is 0 Å². The van der Waals surface area contributed by atoms with Crippen LogP contribution in [0.1, 0.15) is 38.8 Å². The van der Waals surface area contributed by atoms with Crippen LogP contribution >= 0.6 is 15.9 Å². The third kappa shape index (κ3) is 8.16. The lowest BCUT2D eigenvalue weighted by molar-refractivity contribution is -0.140. The van der Waals surface area contributed by atoms with E-state index in [1.165, 1.54) is 4.90 Å². The Labute approximate surface area is 205 Å². The highest BCUT2D eigenvalue weighted by Crippen LogP contribution is 2.21. The van der Waals surface area contributed by atoms with E-state index in [-0.39, 0.29) is 12.5 Å². The molecular formula is C24H32BrN3O4S. The number of carbonyl (C=O) groups excluding carboxylic acids is 2.